The molecule has 0 amide bonds. The molecule has 0 radical (unpaired) electrons. The van der Waals surface area contributed by atoms with Crippen LogP contribution in [0.3, 0.4) is 0 Å². The van der Waals surface area contributed by atoms with Gasteiger partial charge < -0.3 is 0 Å². The van der Waals surface area contributed by atoms with Crippen LogP contribution >= 0.6 is 0 Å². The minimum atomic E-state index is 0.0522. The van der Waals surface area contributed by atoms with Crippen LogP contribution in [0.1, 0.15) is 53.4 Å². The van der Waals surface area contributed by atoms with Crippen molar-refractivity contribution < 1.29 is 0 Å². The number of allylic oxidation sites excluding steroid dienone is 2. The van der Waals surface area contributed by atoms with Crippen LogP contribution in [0, 0.1) is 5.92 Å². The van der Waals surface area contributed by atoms with E-state index in [-0.39, 0.29) is 5.54 Å². The average molecular weight is 238 g/mol. The molecule has 1 aliphatic rings. The molecule has 0 aromatic heterocycles. The third kappa shape index (κ3) is 4.64. The third-order valence-electron chi connectivity index (χ3n) is 3.61. The summed E-state index contributed by atoms with van der Waals surface area (Å²) in [5, 5.41) is 1.88. The van der Waals surface area contributed by atoms with Crippen LogP contribution in [0.15, 0.2) is 24.3 Å². The Morgan fingerprint density at radius 1 is 1.47 bits per heavy atom. The second-order valence-corrected chi connectivity index (χ2v) is 5.08. The lowest BCUT2D eigenvalue weighted by Gasteiger charge is -2.43. The number of nitrogens with zero attached hydrogens (tertiary/aromatic N) is 1. The van der Waals surface area contributed by atoms with E-state index in [9.17, 15) is 0 Å². The third-order valence-corrected chi connectivity index (χ3v) is 3.61. The zero-order valence-electron chi connectivity index (χ0n) is 12.3. The summed E-state index contributed by atoms with van der Waals surface area (Å²) < 4.78 is 0. The van der Waals surface area contributed by atoms with Crippen molar-refractivity contribution in [1.82, 2.24) is 5.01 Å². The van der Waals surface area contributed by atoms with Crippen molar-refractivity contribution >= 4 is 0 Å². The van der Waals surface area contributed by atoms with Gasteiger partial charge in [0.15, 0.2) is 0 Å². The van der Waals surface area contributed by atoms with Gasteiger partial charge in [0.25, 0.3) is 0 Å². The molecule has 1 rings (SSSR count). The van der Waals surface area contributed by atoms with Crippen molar-refractivity contribution in [2.24, 2.45) is 11.8 Å². The van der Waals surface area contributed by atoms with Gasteiger partial charge >= 0.3 is 0 Å². The summed E-state index contributed by atoms with van der Waals surface area (Å²) in [6.45, 7) is 12.4. The lowest BCUT2D eigenvalue weighted by Crippen LogP contribution is -2.53. The predicted octanol–water partition coefficient (Wildman–Crippen LogP) is 3.90. The van der Waals surface area contributed by atoms with Crippen LogP contribution in [-0.2, 0) is 0 Å². The minimum Gasteiger partial charge on any atom is -0.269 e. The molecule has 2 N–H and O–H groups in total. The number of hydrazine groups is 1. The van der Waals surface area contributed by atoms with E-state index >= 15 is 0 Å². The van der Waals surface area contributed by atoms with Crippen molar-refractivity contribution in [3.63, 3.8) is 0 Å². The van der Waals surface area contributed by atoms with E-state index in [1.165, 1.54) is 18.4 Å². The highest BCUT2D eigenvalue weighted by Gasteiger charge is 2.36. The Bertz CT molecular complexity index is 256. The van der Waals surface area contributed by atoms with E-state index in [0.717, 1.165) is 12.8 Å². The van der Waals surface area contributed by atoms with Crippen LogP contribution < -0.4 is 5.84 Å². The van der Waals surface area contributed by atoms with E-state index in [1.807, 2.05) is 25.9 Å². The maximum atomic E-state index is 6.02. The molecule has 0 bridgehead atoms. The molecule has 0 aliphatic heterocycles. The molecule has 0 fully saturated rings. The summed E-state index contributed by atoms with van der Waals surface area (Å²) in [4.78, 5) is 0. The van der Waals surface area contributed by atoms with Gasteiger partial charge in [0, 0.05) is 12.6 Å². The first-order valence-electron chi connectivity index (χ1n) is 6.74. The van der Waals surface area contributed by atoms with Crippen molar-refractivity contribution in [1.29, 1.82) is 0 Å². The van der Waals surface area contributed by atoms with Crippen LogP contribution in [-0.4, -0.2) is 17.6 Å². The second-order valence-electron chi connectivity index (χ2n) is 5.08. The smallest absolute Gasteiger partial charge is 0.0388 e. The fourth-order valence-corrected chi connectivity index (χ4v) is 2.53. The van der Waals surface area contributed by atoms with Crippen LogP contribution in [0.2, 0.25) is 0 Å². The van der Waals surface area contributed by atoms with Crippen molar-refractivity contribution in [2.75, 3.05) is 7.05 Å². The van der Waals surface area contributed by atoms with E-state index in [2.05, 4.69) is 32.6 Å². The van der Waals surface area contributed by atoms with Gasteiger partial charge in [-0.3, -0.25) is 5.84 Å². The molecular weight excluding hydrogens is 208 g/mol. The number of rotatable bonds is 4. The van der Waals surface area contributed by atoms with Gasteiger partial charge in [0.05, 0.1) is 0 Å². The summed E-state index contributed by atoms with van der Waals surface area (Å²) >= 11 is 0. The zero-order valence-corrected chi connectivity index (χ0v) is 12.3. The van der Waals surface area contributed by atoms with Gasteiger partial charge in [-0.05, 0) is 45.4 Å². The monoisotopic (exact) mass is 238 g/mol. The van der Waals surface area contributed by atoms with Gasteiger partial charge in [-0.1, -0.05) is 31.6 Å². The summed E-state index contributed by atoms with van der Waals surface area (Å²) in [5.74, 6) is 6.67. The van der Waals surface area contributed by atoms with Crippen molar-refractivity contribution in [3.8, 4) is 0 Å². The fraction of sp³-hybridized carbons (Fsp3) is 0.733. The number of nitrogens with two attached hydrogens (primary N) is 1. The van der Waals surface area contributed by atoms with Crippen molar-refractivity contribution in [2.45, 2.75) is 58.9 Å². The molecule has 0 aromatic carbocycles. The summed E-state index contributed by atoms with van der Waals surface area (Å²) in [6, 6.07) is 0. The fourth-order valence-electron chi connectivity index (χ4n) is 2.53. The molecule has 0 heterocycles. The molecule has 2 atom stereocenters. The lowest BCUT2D eigenvalue weighted by molar-refractivity contribution is 0.0652. The Morgan fingerprint density at radius 2 is 2.06 bits per heavy atom. The second kappa shape index (κ2) is 7.67. The molecule has 100 valence electrons. The normalized spacial score (nSPS) is 22.6. The topological polar surface area (TPSA) is 29.3 Å². The molecule has 2 nitrogen and oxygen atoms in total. The molecule has 17 heavy (non-hydrogen) atoms. The van der Waals surface area contributed by atoms with E-state index in [4.69, 9.17) is 5.84 Å². The average Bonchev–Trinajstić information content (AvgIpc) is 2.31. The SMILES string of the molecule is C=C(C)CC(C)(C1CC=CCC1)N(C)N.CC. The molecule has 2 unspecified atom stereocenters. The number of hydrogen-bond acceptors (Lipinski definition) is 2. The molecular formula is C15H30N2. The Labute approximate surface area is 108 Å². The van der Waals surface area contributed by atoms with Gasteiger partial charge in [0.2, 0.25) is 0 Å². The summed E-state index contributed by atoms with van der Waals surface area (Å²) in [6.07, 6.45) is 9.11. The summed E-state index contributed by atoms with van der Waals surface area (Å²) in [5.41, 5.74) is 1.26. The summed E-state index contributed by atoms with van der Waals surface area (Å²) in [7, 11) is 1.97. The molecule has 1 aliphatic carbocycles. The Balaban J connectivity index is 0.00000121. The first kappa shape index (κ1) is 16.4. The van der Waals surface area contributed by atoms with Crippen molar-refractivity contribution in [3.05, 3.63) is 24.3 Å². The van der Waals surface area contributed by atoms with Gasteiger partial charge in [-0.25, -0.2) is 5.01 Å². The predicted molar refractivity (Wildman–Crippen MR) is 77.6 cm³/mol. The Kier molecular flexibility index (Phi) is 7.40. The highest BCUT2D eigenvalue weighted by molar-refractivity contribution is 5.06. The quantitative estimate of drug-likeness (QED) is 0.457. The highest BCUT2D eigenvalue weighted by atomic mass is 15.4. The minimum absolute atomic E-state index is 0.0522. The molecule has 0 saturated heterocycles. The van der Waals surface area contributed by atoms with E-state index in [0.29, 0.717) is 5.92 Å². The molecule has 0 spiro atoms. The largest absolute Gasteiger partial charge is 0.269 e. The maximum Gasteiger partial charge on any atom is 0.0388 e. The Morgan fingerprint density at radius 3 is 2.41 bits per heavy atom. The molecule has 0 aromatic rings. The lowest BCUT2D eigenvalue weighted by atomic mass is 9.74. The highest BCUT2D eigenvalue weighted by Crippen LogP contribution is 2.36. The first-order chi connectivity index (χ1) is 7.97. The van der Waals surface area contributed by atoms with Crippen LogP contribution in [0.5, 0.6) is 0 Å². The molecule has 2 heteroatoms. The maximum absolute atomic E-state index is 6.02. The van der Waals surface area contributed by atoms with E-state index < -0.39 is 0 Å². The number of hydrogen-bond donors (Lipinski definition) is 1. The zero-order chi connectivity index (χ0) is 13.5. The standard InChI is InChI=1S/C13H24N2.C2H6/c1-11(2)10-13(3,15(4)14)12-8-6-5-7-9-12;1-2/h5-6,12H,1,7-10,14H2,2-4H3;1-2H3. The van der Waals surface area contributed by atoms with Crippen LogP contribution in [0.4, 0.5) is 0 Å². The van der Waals surface area contributed by atoms with E-state index in [1.54, 1.807) is 0 Å². The Hall–Kier alpha value is -0.600. The molecule has 0 saturated carbocycles. The van der Waals surface area contributed by atoms with Gasteiger partial charge in [-0.2, -0.15) is 0 Å². The van der Waals surface area contributed by atoms with Gasteiger partial charge in [-0.15, -0.1) is 6.58 Å². The van der Waals surface area contributed by atoms with Crippen LogP contribution in [0.25, 0.3) is 0 Å². The first-order valence-corrected chi connectivity index (χ1v) is 6.74. The van der Waals surface area contributed by atoms with Gasteiger partial charge in [0.1, 0.15) is 0 Å².